The third-order valence-corrected chi connectivity index (χ3v) is 11.1. The summed E-state index contributed by atoms with van der Waals surface area (Å²) in [6.07, 6.45) is 1.82. The van der Waals surface area contributed by atoms with Gasteiger partial charge < -0.3 is 15.0 Å². The lowest BCUT2D eigenvalue weighted by atomic mass is 10.1. The highest BCUT2D eigenvalue weighted by Crippen LogP contribution is 2.37. The standard InChI is InChI=1S/C28H37F3N4O6S3/c1-27(2,3)41-26(36)34-16-20-9-10-21(17-34)35(20)14-13-19(18-42-22-7-5-4-6-8-22)33-24-12-11-23(44(32,39)40)15-25(24)43(37,38)28(29,30)31/h4-8,11-12,15,19-21,33H,9-10,13-14,16-18H2,1-3H3,(H2,32,39,40)/t19-,20?,21?/m1/s1. The highest BCUT2D eigenvalue weighted by molar-refractivity contribution is 7.99. The fourth-order valence-electron chi connectivity index (χ4n) is 5.41. The number of likely N-dealkylation sites (tertiary alicyclic amines) is 1. The molecular weight excluding hydrogens is 642 g/mol. The number of alkyl halides is 3. The van der Waals surface area contributed by atoms with E-state index in [1.807, 2.05) is 51.1 Å². The molecule has 0 radical (unpaired) electrons. The Bertz CT molecular complexity index is 1540. The number of benzene rings is 2. The molecule has 3 N–H and O–H groups in total. The number of nitrogens with two attached hydrogens (primary N) is 1. The molecule has 3 atom stereocenters. The molecule has 2 aliphatic rings. The van der Waals surface area contributed by atoms with Gasteiger partial charge >= 0.3 is 11.6 Å². The minimum absolute atomic E-state index is 0.0823. The predicted molar refractivity (Wildman–Crippen MR) is 162 cm³/mol. The van der Waals surface area contributed by atoms with Crippen molar-refractivity contribution in [2.45, 2.75) is 84.0 Å². The highest BCUT2D eigenvalue weighted by Gasteiger charge is 2.48. The molecule has 0 spiro atoms. The van der Waals surface area contributed by atoms with Gasteiger partial charge in [-0.1, -0.05) is 18.2 Å². The predicted octanol–water partition coefficient (Wildman–Crippen LogP) is 4.67. The second kappa shape index (κ2) is 13.1. The average Bonchev–Trinajstić information content (AvgIpc) is 3.14. The van der Waals surface area contributed by atoms with Gasteiger partial charge in [-0.05, 0) is 70.4 Å². The average molecular weight is 679 g/mol. The van der Waals surface area contributed by atoms with Gasteiger partial charge in [0, 0.05) is 48.4 Å². The van der Waals surface area contributed by atoms with Crippen LogP contribution in [0.4, 0.5) is 23.7 Å². The third-order valence-electron chi connectivity index (χ3n) is 7.45. The van der Waals surface area contributed by atoms with Crippen molar-refractivity contribution in [1.82, 2.24) is 9.80 Å². The van der Waals surface area contributed by atoms with Crippen LogP contribution >= 0.6 is 11.8 Å². The highest BCUT2D eigenvalue weighted by atomic mass is 32.2. The summed E-state index contributed by atoms with van der Waals surface area (Å²) < 4.78 is 95.3. The molecule has 2 bridgehead atoms. The number of rotatable bonds is 10. The maximum absolute atomic E-state index is 13.7. The van der Waals surface area contributed by atoms with Crippen LogP contribution in [0.3, 0.4) is 0 Å². The van der Waals surface area contributed by atoms with Gasteiger partial charge in [-0.2, -0.15) is 13.2 Å². The van der Waals surface area contributed by atoms with Crippen molar-refractivity contribution >= 4 is 43.4 Å². The van der Waals surface area contributed by atoms with Crippen molar-refractivity contribution in [2.24, 2.45) is 5.14 Å². The first-order valence-electron chi connectivity index (χ1n) is 14.0. The number of anilines is 1. The Morgan fingerprint density at radius 2 is 1.66 bits per heavy atom. The topological polar surface area (TPSA) is 139 Å². The van der Waals surface area contributed by atoms with E-state index >= 15 is 0 Å². The first-order valence-corrected chi connectivity index (χ1v) is 18.0. The van der Waals surface area contributed by atoms with Gasteiger partial charge in [0.25, 0.3) is 9.84 Å². The van der Waals surface area contributed by atoms with Crippen LogP contribution < -0.4 is 10.5 Å². The van der Waals surface area contributed by atoms with Gasteiger partial charge in [-0.3, -0.25) is 4.90 Å². The number of thioether (sulfide) groups is 1. The van der Waals surface area contributed by atoms with Crippen LogP contribution in [0.25, 0.3) is 0 Å². The number of hydrogen-bond acceptors (Lipinski definition) is 9. The van der Waals surface area contributed by atoms with E-state index in [-0.39, 0.29) is 23.9 Å². The first-order chi connectivity index (χ1) is 20.3. The molecule has 4 rings (SSSR count). The molecule has 16 heteroatoms. The van der Waals surface area contributed by atoms with Crippen LogP contribution in [0.2, 0.25) is 0 Å². The Morgan fingerprint density at radius 1 is 1.05 bits per heavy atom. The summed E-state index contributed by atoms with van der Waals surface area (Å²) in [5, 5.41) is 8.07. The summed E-state index contributed by atoms with van der Waals surface area (Å²) in [6, 6.07) is 11.4. The maximum atomic E-state index is 13.7. The number of primary sulfonamides is 1. The Morgan fingerprint density at radius 3 is 2.20 bits per heavy atom. The van der Waals surface area contributed by atoms with E-state index in [0.717, 1.165) is 29.9 Å². The Labute approximate surface area is 260 Å². The number of sulfone groups is 1. The number of fused-ring (bicyclic) bond motifs is 2. The van der Waals surface area contributed by atoms with Crippen molar-refractivity contribution in [3.8, 4) is 0 Å². The second-order valence-electron chi connectivity index (χ2n) is 11.9. The van der Waals surface area contributed by atoms with Crippen LogP contribution in [0.5, 0.6) is 0 Å². The van der Waals surface area contributed by atoms with Crippen LogP contribution in [-0.4, -0.2) is 87.4 Å². The largest absolute Gasteiger partial charge is 0.501 e. The quantitative estimate of drug-likeness (QED) is 0.343. The zero-order chi connectivity index (χ0) is 32.5. The Balaban J connectivity index is 1.56. The third kappa shape index (κ3) is 8.38. The Hall–Kier alpha value is -2.53. The molecular formula is C28H37F3N4O6S3. The number of ether oxygens (including phenoxy) is 1. The van der Waals surface area contributed by atoms with Crippen molar-refractivity contribution in [3.05, 3.63) is 48.5 Å². The van der Waals surface area contributed by atoms with Gasteiger partial charge in [0.2, 0.25) is 10.0 Å². The molecule has 2 aromatic rings. The smallest absolute Gasteiger partial charge is 0.444 e. The summed E-state index contributed by atoms with van der Waals surface area (Å²) in [6.45, 7) is 6.95. The molecule has 244 valence electrons. The number of halogens is 3. The molecule has 1 amide bonds. The molecule has 0 saturated carbocycles. The van der Waals surface area contributed by atoms with Crippen LogP contribution in [0, 0.1) is 0 Å². The van der Waals surface area contributed by atoms with Crippen LogP contribution in [-0.2, 0) is 24.6 Å². The van der Waals surface area contributed by atoms with E-state index < -0.39 is 46.8 Å². The van der Waals surface area contributed by atoms with E-state index in [9.17, 15) is 34.8 Å². The number of sulfonamides is 1. The molecule has 2 saturated heterocycles. The second-order valence-corrected chi connectivity index (χ2v) is 16.5. The SMILES string of the molecule is CC(C)(C)OC(=O)N1CC2CCC(C1)N2CC[C@H](CSc1ccccc1)Nc1ccc(S(N)(=O)=O)cc1S(=O)(=O)C(F)(F)F. The van der Waals surface area contributed by atoms with Crippen molar-refractivity contribution in [1.29, 1.82) is 0 Å². The van der Waals surface area contributed by atoms with Gasteiger partial charge in [0.1, 0.15) is 10.5 Å². The fraction of sp³-hybridized carbons (Fsp3) is 0.536. The molecule has 0 aromatic heterocycles. The number of amides is 1. The normalized spacial score (nSPS) is 20.4. The fourth-order valence-corrected chi connectivity index (χ4v) is 7.97. The molecule has 2 aliphatic heterocycles. The van der Waals surface area contributed by atoms with Gasteiger partial charge in [-0.15, -0.1) is 11.8 Å². The minimum Gasteiger partial charge on any atom is -0.444 e. The molecule has 10 nitrogen and oxygen atoms in total. The lowest BCUT2D eigenvalue weighted by molar-refractivity contribution is -0.0435. The Kier molecular flexibility index (Phi) is 10.2. The minimum atomic E-state index is -5.92. The number of piperazine rings is 1. The van der Waals surface area contributed by atoms with Crippen LogP contribution in [0.1, 0.15) is 40.0 Å². The van der Waals surface area contributed by atoms with Gasteiger partial charge in [0.05, 0.1) is 10.6 Å². The van der Waals surface area contributed by atoms with E-state index in [1.165, 1.54) is 11.8 Å². The lowest BCUT2D eigenvalue weighted by Gasteiger charge is -2.41. The summed E-state index contributed by atoms with van der Waals surface area (Å²) in [5.74, 6) is 0.375. The maximum Gasteiger partial charge on any atom is 0.501 e. The summed E-state index contributed by atoms with van der Waals surface area (Å²) in [7, 11) is -10.4. The monoisotopic (exact) mass is 678 g/mol. The summed E-state index contributed by atoms with van der Waals surface area (Å²) in [5.41, 5.74) is -6.65. The molecule has 2 unspecified atom stereocenters. The lowest BCUT2D eigenvalue weighted by Crippen LogP contribution is -2.56. The summed E-state index contributed by atoms with van der Waals surface area (Å²) in [4.78, 5) is 15.7. The molecule has 2 heterocycles. The van der Waals surface area contributed by atoms with Crippen molar-refractivity contribution in [2.75, 3.05) is 30.7 Å². The van der Waals surface area contributed by atoms with E-state index in [1.54, 1.807) is 4.90 Å². The zero-order valence-electron chi connectivity index (χ0n) is 24.6. The molecule has 2 aromatic carbocycles. The van der Waals surface area contributed by atoms with Crippen LogP contribution in [0.15, 0.2) is 63.2 Å². The van der Waals surface area contributed by atoms with E-state index in [0.29, 0.717) is 37.9 Å². The van der Waals surface area contributed by atoms with E-state index in [2.05, 4.69) is 10.2 Å². The zero-order valence-corrected chi connectivity index (χ0v) is 27.0. The van der Waals surface area contributed by atoms with Crippen molar-refractivity contribution < 1.29 is 39.5 Å². The number of carbonyl (C=O) groups is 1. The van der Waals surface area contributed by atoms with E-state index in [4.69, 9.17) is 9.88 Å². The molecule has 0 aliphatic carbocycles. The summed E-state index contributed by atoms with van der Waals surface area (Å²) >= 11 is 1.45. The number of nitrogens with one attached hydrogen (secondary N) is 1. The molecule has 2 fully saturated rings. The number of hydrogen-bond donors (Lipinski definition) is 2. The molecule has 44 heavy (non-hydrogen) atoms. The first kappa shape index (κ1) is 34.3. The number of carbonyl (C=O) groups excluding carboxylic acids is 1. The van der Waals surface area contributed by atoms with Gasteiger partial charge in [-0.25, -0.2) is 26.8 Å². The van der Waals surface area contributed by atoms with Gasteiger partial charge in [0.15, 0.2) is 0 Å². The number of nitrogens with zero attached hydrogens (tertiary/aromatic N) is 2. The van der Waals surface area contributed by atoms with Crippen molar-refractivity contribution in [3.63, 3.8) is 0 Å².